The fraction of sp³-hybridized carbons (Fsp3) is 0.600. The second-order valence-electron chi connectivity index (χ2n) is 5.09. The van der Waals surface area contributed by atoms with Crippen LogP contribution in [0.2, 0.25) is 0 Å². The van der Waals surface area contributed by atoms with E-state index in [4.69, 9.17) is 9.47 Å². The minimum Gasteiger partial charge on any atom is -0.496 e. The fourth-order valence-electron chi connectivity index (χ4n) is 2.50. The third-order valence-electron chi connectivity index (χ3n) is 3.54. The lowest BCUT2D eigenvalue weighted by Crippen LogP contribution is -2.37. The van der Waals surface area contributed by atoms with Crippen LogP contribution < -0.4 is 10.1 Å². The SMILES string of the molecule is COc1ccc(CNC2CCOC(C)C2)cc1C. The first-order chi connectivity index (χ1) is 8.69. The molecule has 1 aromatic carbocycles. The Hall–Kier alpha value is -1.06. The Balaban J connectivity index is 1.88. The Bertz CT molecular complexity index is 392. The molecule has 2 unspecified atom stereocenters. The molecule has 1 aromatic rings. The first kappa shape index (κ1) is 13.4. The van der Waals surface area contributed by atoms with Crippen LogP contribution in [0.1, 0.15) is 30.9 Å². The van der Waals surface area contributed by atoms with Gasteiger partial charge in [0.15, 0.2) is 0 Å². The number of benzene rings is 1. The van der Waals surface area contributed by atoms with E-state index >= 15 is 0 Å². The van der Waals surface area contributed by atoms with Gasteiger partial charge in [0, 0.05) is 19.2 Å². The van der Waals surface area contributed by atoms with Crippen molar-refractivity contribution in [1.29, 1.82) is 0 Å². The van der Waals surface area contributed by atoms with Crippen LogP contribution in [0.25, 0.3) is 0 Å². The summed E-state index contributed by atoms with van der Waals surface area (Å²) >= 11 is 0. The van der Waals surface area contributed by atoms with Crippen LogP contribution >= 0.6 is 0 Å². The number of aryl methyl sites for hydroxylation is 1. The van der Waals surface area contributed by atoms with E-state index in [-0.39, 0.29) is 0 Å². The number of ether oxygens (including phenoxy) is 2. The summed E-state index contributed by atoms with van der Waals surface area (Å²) in [6.45, 7) is 6.02. The largest absolute Gasteiger partial charge is 0.496 e. The van der Waals surface area contributed by atoms with Gasteiger partial charge in [-0.25, -0.2) is 0 Å². The zero-order valence-electron chi connectivity index (χ0n) is 11.5. The molecule has 1 aliphatic heterocycles. The summed E-state index contributed by atoms with van der Waals surface area (Å²) in [6, 6.07) is 6.94. The molecule has 1 saturated heterocycles. The summed E-state index contributed by atoms with van der Waals surface area (Å²) in [5.41, 5.74) is 2.50. The lowest BCUT2D eigenvalue weighted by Gasteiger charge is -2.28. The van der Waals surface area contributed by atoms with Gasteiger partial charge in [0.05, 0.1) is 13.2 Å². The summed E-state index contributed by atoms with van der Waals surface area (Å²) in [6.07, 6.45) is 2.60. The Morgan fingerprint density at radius 1 is 1.44 bits per heavy atom. The van der Waals surface area contributed by atoms with E-state index in [1.54, 1.807) is 7.11 Å². The summed E-state index contributed by atoms with van der Waals surface area (Å²) in [7, 11) is 1.71. The van der Waals surface area contributed by atoms with Gasteiger partial charge < -0.3 is 14.8 Å². The average Bonchev–Trinajstić information content (AvgIpc) is 2.37. The molecule has 1 heterocycles. The van der Waals surface area contributed by atoms with Crippen LogP contribution in [0.5, 0.6) is 5.75 Å². The zero-order valence-corrected chi connectivity index (χ0v) is 11.5. The second kappa shape index (κ2) is 6.21. The van der Waals surface area contributed by atoms with Crippen molar-refractivity contribution in [3.63, 3.8) is 0 Å². The van der Waals surface area contributed by atoms with Gasteiger partial charge in [-0.05, 0) is 43.9 Å². The molecule has 0 spiro atoms. The molecule has 2 rings (SSSR count). The number of hydrogen-bond donors (Lipinski definition) is 1. The topological polar surface area (TPSA) is 30.5 Å². The molecule has 0 aromatic heterocycles. The van der Waals surface area contributed by atoms with Crippen molar-refractivity contribution in [3.8, 4) is 5.75 Å². The summed E-state index contributed by atoms with van der Waals surface area (Å²) in [5.74, 6) is 0.957. The molecule has 3 nitrogen and oxygen atoms in total. The van der Waals surface area contributed by atoms with Crippen LogP contribution in [0, 0.1) is 6.92 Å². The van der Waals surface area contributed by atoms with Crippen molar-refractivity contribution in [3.05, 3.63) is 29.3 Å². The van der Waals surface area contributed by atoms with E-state index in [1.165, 1.54) is 11.1 Å². The zero-order chi connectivity index (χ0) is 13.0. The monoisotopic (exact) mass is 249 g/mol. The lowest BCUT2D eigenvalue weighted by atomic mass is 10.0. The van der Waals surface area contributed by atoms with Crippen LogP contribution in [-0.2, 0) is 11.3 Å². The molecule has 3 heteroatoms. The van der Waals surface area contributed by atoms with E-state index < -0.39 is 0 Å². The van der Waals surface area contributed by atoms with Gasteiger partial charge in [0.2, 0.25) is 0 Å². The van der Waals surface area contributed by atoms with Crippen molar-refractivity contribution >= 4 is 0 Å². The fourth-order valence-corrected chi connectivity index (χ4v) is 2.50. The lowest BCUT2D eigenvalue weighted by molar-refractivity contribution is 0.0130. The van der Waals surface area contributed by atoms with Gasteiger partial charge in [0.1, 0.15) is 5.75 Å². The first-order valence-corrected chi connectivity index (χ1v) is 6.67. The molecule has 18 heavy (non-hydrogen) atoms. The number of methoxy groups -OCH3 is 1. The molecule has 0 amide bonds. The molecule has 0 aliphatic carbocycles. The van der Waals surface area contributed by atoms with Gasteiger partial charge >= 0.3 is 0 Å². The van der Waals surface area contributed by atoms with E-state index in [0.717, 1.165) is 31.7 Å². The van der Waals surface area contributed by atoms with Crippen LogP contribution in [0.3, 0.4) is 0 Å². The van der Waals surface area contributed by atoms with E-state index in [0.29, 0.717) is 12.1 Å². The molecule has 2 atom stereocenters. The highest BCUT2D eigenvalue weighted by atomic mass is 16.5. The average molecular weight is 249 g/mol. The van der Waals surface area contributed by atoms with Gasteiger partial charge in [0.25, 0.3) is 0 Å². The Morgan fingerprint density at radius 3 is 2.94 bits per heavy atom. The summed E-state index contributed by atoms with van der Waals surface area (Å²) < 4.78 is 10.8. The van der Waals surface area contributed by atoms with Gasteiger partial charge in [-0.2, -0.15) is 0 Å². The van der Waals surface area contributed by atoms with Gasteiger partial charge in [-0.1, -0.05) is 12.1 Å². The number of nitrogens with one attached hydrogen (secondary N) is 1. The molecular weight excluding hydrogens is 226 g/mol. The van der Waals surface area contributed by atoms with Crippen molar-refractivity contribution in [2.24, 2.45) is 0 Å². The van der Waals surface area contributed by atoms with E-state index in [2.05, 4.69) is 31.3 Å². The standard InChI is InChI=1S/C15H23NO2/c1-11-8-13(4-5-15(11)17-3)10-16-14-6-7-18-12(2)9-14/h4-5,8,12,14,16H,6-7,9-10H2,1-3H3. The molecule has 1 aliphatic rings. The smallest absolute Gasteiger partial charge is 0.121 e. The summed E-state index contributed by atoms with van der Waals surface area (Å²) in [5, 5.41) is 3.61. The quantitative estimate of drug-likeness (QED) is 0.890. The van der Waals surface area contributed by atoms with Crippen molar-refractivity contribution in [2.45, 2.75) is 45.4 Å². The molecule has 1 N–H and O–H groups in total. The Kier molecular flexibility index (Phi) is 4.61. The molecular formula is C15H23NO2. The number of hydrogen-bond acceptors (Lipinski definition) is 3. The normalized spacial score (nSPS) is 23.9. The number of rotatable bonds is 4. The molecule has 0 bridgehead atoms. The molecule has 0 radical (unpaired) electrons. The van der Waals surface area contributed by atoms with E-state index in [1.807, 2.05) is 6.07 Å². The maximum absolute atomic E-state index is 5.55. The highest BCUT2D eigenvalue weighted by Gasteiger charge is 2.18. The predicted molar refractivity (Wildman–Crippen MR) is 73.0 cm³/mol. The second-order valence-corrected chi connectivity index (χ2v) is 5.09. The predicted octanol–water partition coefficient (Wildman–Crippen LogP) is 2.66. The summed E-state index contributed by atoms with van der Waals surface area (Å²) in [4.78, 5) is 0. The highest BCUT2D eigenvalue weighted by molar-refractivity contribution is 5.36. The Labute approximate surface area is 109 Å². The van der Waals surface area contributed by atoms with Crippen molar-refractivity contribution < 1.29 is 9.47 Å². The Morgan fingerprint density at radius 2 is 2.28 bits per heavy atom. The van der Waals surface area contributed by atoms with Crippen molar-refractivity contribution in [2.75, 3.05) is 13.7 Å². The van der Waals surface area contributed by atoms with Crippen LogP contribution in [-0.4, -0.2) is 25.9 Å². The van der Waals surface area contributed by atoms with Gasteiger partial charge in [-0.15, -0.1) is 0 Å². The van der Waals surface area contributed by atoms with Gasteiger partial charge in [-0.3, -0.25) is 0 Å². The minimum absolute atomic E-state index is 0.383. The molecule has 100 valence electrons. The van der Waals surface area contributed by atoms with E-state index in [9.17, 15) is 0 Å². The van der Waals surface area contributed by atoms with Crippen molar-refractivity contribution in [1.82, 2.24) is 5.32 Å². The third-order valence-corrected chi connectivity index (χ3v) is 3.54. The first-order valence-electron chi connectivity index (χ1n) is 6.67. The third kappa shape index (κ3) is 3.47. The molecule has 0 saturated carbocycles. The molecule has 1 fully saturated rings. The maximum atomic E-state index is 5.55. The van der Waals surface area contributed by atoms with Crippen LogP contribution in [0.4, 0.5) is 0 Å². The van der Waals surface area contributed by atoms with Crippen LogP contribution in [0.15, 0.2) is 18.2 Å². The maximum Gasteiger partial charge on any atom is 0.121 e. The minimum atomic E-state index is 0.383. The highest BCUT2D eigenvalue weighted by Crippen LogP contribution is 2.19.